The van der Waals surface area contributed by atoms with Crippen molar-refractivity contribution in [2.45, 2.75) is 60.0 Å². The highest BCUT2D eigenvalue weighted by atomic mass is 16.5. The van der Waals surface area contributed by atoms with E-state index in [1.54, 1.807) is 6.08 Å². The SMILES string of the molecule is C=CCOc1c(C)c(C)c2c(c1C)CCC(C)(COc1ccc(C)cc1C)O2. The Morgan fingerprint density at radius 3 is 2.50 bits per heavy atom. The first-order valence-corrected chi connectivity index (χ1v) is 10.0. The van der Waals surface area contributed by atoms with Gasteiger partial charge < -0.3 is 14.2 Å². The monoisotopic (exact) mass is 380 g/mol. The summed E-state index contributed by atoms with van der Waals surface area (Å²) in [5, 5.41) is 0. The second kappa shape index (κ2) is 7.90. The highest BCUT2D eigenvalue weighted by Crippen LogP contribution is 2.44. The second-order valence-electron chi connectivity index (χ2n) is 8.22. The van der Waals surface area contributed by atoms with E-state index in [1.165, 1.54) is 16.7 Å². The molecule has 0 saturated carbocycles. The minimum atomic E-state index is -0.350. The first kappa shape index (κ1) is 20.3. The molecule has 28 heavy (non-hydrogen) atoms. The zero-order chi connectivity index (χ0) is 20.5. The molecule has 1 aliphatic rings. The Bertz CT molecular complexity index is 897. The number of benzene rings is 2. The molecule has 0 spiro atoms. The molecule has 1 unspecified atom stereocenters. The van der Waals surface area contributed by atoms with Gasteiger partial charge in [-0.2, -0.15) is 0 Å². The maximum absolute atomic E-state index is 6.56. The van der Waals surface area contributed by atoms with Crippen molar-refractivity contribution in [3.63, 3.8) is 0 Å². The zero-order valence-corrected chi connectivity index (χ0v) is 18.1. The summed E-state index contributed by atoms with van der Waals surface area (Å²) in [6.45, 7) is 17.5. The summed E-state index contributed by atoms with van der Waals surface area (Å²) < 4.78 is 18.7. The normalized spacial score (nSPS) is 18.2. The van der Waals surface area contributed by atoms with Crippen LogP contribution in [0.25, 0.3) is 0 Å². The first-order valence-electron chi connectivity index (χ1n) is 10.0. The summed E-state index contributed by atoms with van der Waals surface area (Å²) in [5.74, 6) is 2.90. The highest BCUT2D eigenvalue weighted by molar-refractivity contribution is 5.59. The van der Waals surface area contributed by atoms with Gasteiger partial charge in [0.25, 0.3) is 0 Å². The zero-order valence-electron chi connectivity index (χ0n) is 18.1. The molecule has 1 aliphatic heterocycles. The predicted octanol–water partition coefficient (Wildman–Crippen LogP) is 5.96. The molecular weight excluding hydrogens is 348 g/mol. The third-order valence-electron chi connectivity index (χ3n) is 5.77. The maximum atomic E-state index is 6.56. The largest absolute Gasteiger partial charge is 0.489 e. The fourth-order valence-corrected chi connectivity index (χ4v) is 3.93. The van der Waals surface area contributed by atoms with Crippen molar-refractivity contribution in [1.82, 2.24) is 0 Å². The number of aryl methyl sites for hydroxylation is 2. The van der Waals surface area contributed by atoms with E-state index in [1.807, 2.05) is 6.07 Å². The lowest BCUT2D eigenvalue weighted by Crippen LogP contribution is -2.42. The van der Waals surface area contributed by atoms with Crippen LogP contribution in [0.5, 0.6) is 17.2 Å². The molecule has 1 heterocycles. The lowest BCUT2D eigenvalue weighted by molar-refractivity contribution is 0.0164. The van der Waals surface area contributed by atoms with Gasteiger partial charge in [-0.3, -0.25) is 0 Å². The Balaban J connectivity index is 1.84. The molecule has 2 aromatic rings. The van der Waals surface area contributed by atoms with Gasteiger partial charge in [0.05, 0.1) is 0 Å². The van der Waals surface area contributed by atoms with Crippen LogP contribution < -0.4 is 14.2 Å². The Labute approximate surface area is 169 Å². The van der Waals surface area contributed by atoms with Crippen LogP contribution in [0.2, 0.25) is 0 Å². The fourth-order valence-electron chi connectivity index (χ4n) is 3.93. The minimum Gasteiger partial charge on any atom is -0.489 e. The first-order chi connectivity index (χ1) is 13.3. The fraction of sp³-hybridized carbons (Fsp3) is 0.440. The molecule has 0 radical (unpaired) electrons. The van der Waals surface area contributed by atoms with Crippen molar-refractivity contribution in [2.75, 3.05) is 13.2 Å². The van der Waals surface area contributed by atoms with Gasteiger partial charge in [0.2, 0.25) is 0 Å². The number of hydrogen-bond acceptors (Lipinski definition) is 3. The Hall–Kier alpha value is -2.42. The van der Waals surface area contributed by atoms with E-state index in [0.29, 0.717) is 13.2 Å². The van der Waals surface area contributed by atoms with Gasteiger partial charge in [-0.15, -0.1) is 0 Å². The van der Waals surface area contributed by atoms with Gasteiger partial charge in [0.15, 0.2) is 0 Å². The summed E-state index contributed by atoms with van der Waals surface area (Å²) in [6, 6.07) is 6.28. The van der Waals surface area contributed by atoms with E-state index in [0.717, 1.165) is 46.8 Å². The molecule has 150 valence electrons. The van der Waals surface area contributed by atoms with E-state index in [2.05, 4.69) is 60.3 Å². The predicted molar refractivity (Wildman–Crippen MR) is 115 cm³/mol. The lowest BCUT2D eigenvalue weighted by Gasteiger charge is -2.38. The molecule has 0 amide bonds. The van der Waals surface area contributed by atoms with E-state index >= 15 is 0 Å². The average Bonchev–Trinajstić information content (AvgIpc) is 2.65. The van der Waals surface area contributed by atoms with Gasteiger partial charge in [-0.05, 0) is 82.7 Å². The third-order valence-corrected chi connectivity index (χ3v) is 5.77. The molecule has 3 rings (SSSR count). The Morgan fingerprint density at radius 2 is 1.82 bits per heavy atom. The van der Waals surface area contributed by atoms with Crippen LogP contribution in [0.15, 0.2) is 30.9 Å². The summed E-state index contributed by atoms with van der Waals surface area (Å²) in [5.41, 5.74) is 6.78. The summed E-state index contributed by atoms with van der Waals surface area (Å²) >= 11 is 0. The standard InChI is InChI=1S/C25H32O3/c1-8-13-26-23-18(4)19(5)24-21(20(23)6)11-12-25(7,28-24)15-27-22-10-9-16(2)14-17(22)3/h8-10,14H,1,11-13,15H2,2-7H3. The molecule has 3 heteroatoms. The third kappa shape index (κ3) is 3.89. The van der Waals surface area contributed by atoms with E-state index in [-0.39, 0.29) is 5.60 Å². The average molecular weight is 381 g/mol. The van der Waals surface area contributed by atoms with E-state index in [9.17, 15) is 0 Å². The van der Waals surface area contributed by atoms with Crippen LogP contribution in [0, 0.1) is 34.6 Å². The van der Waals surface area contributed by atoms with Gasteiger partial charge in [-0.25, -0.2) is 0 Å². The van der Waals surface area contributed by atoms with Gasteiger partial charge in [0.1, 0.15) is 36.1 Å². The topological polar surface area (TPSA) is 27.7 Å². The van der Waals surface area contributed by atoms with Gasteiger partial charge >= 0.3 is 0 Å². The molecule has 3 nitrogen and oxygen atoms in total. The lowest BCUT2D eigenvalue weighted by atomic mass is 9.87. The number of fused-ring (bicyclic) bond motifs is 1. The number of ether oxygens (including phenoxy) is 3. The van der Waals surface area contributed by atoms with Crippen molar-refractivity contribution in [3.8, 4) is 17.2 Å². The van der Waals surface area contributed by atoms with Crippen molar-refractivity contribution in [2.24, 2.45) is 0 Å². The minimum absolute atomic E-state index is 0.350. The quantitative estimate of drug-likeness (QED) is 0.579. The maximum Gasteiger partial charge on any atom is 0.140 e. The molecule has 0 bridgehead atoms. The van der Waals surface area contributed by atoms with Gasteiger partial charge in [-0.1, -0.05) is 30.4 Å². The number of rotatable bonds is 6. The molecule has 0 aliphatic carbocycles. The Kier molecular flexibility index (Phi) is 5.74. The number of hydrogen-bond donors (Lipinski definition) is 0. The van der Waals surface area contributed by atoms with Crippen molar-refractivity contribution in [1.29, 1.82) is 0 Å². The van der Waals surface area contributed by atoms with Crippen LogP contribution in [0.3, 0.4) is 0 Å². The van der Waals surface area contributed by atoms with Crippen LogP contribution in [-0.2, 0) is 6.42 Å². The smallest absolute Gasteiger partial charge is 0.140 e. The molecule has 0 aromatic heterocycles. The summed E-state index contributed by atoms with van der Waals surface area (Å²) in [4.78, 5) is 0. The molecule has 0 fully saturated rings. The van der Waals surface area contributed by atoms with Crippen LogP contribution in [0.4, 0.5) is 0 Å². The second-order valence-corrected chi connectivity index (χ2v) is 8.22. The van der Waals surface area contributed by atoms with Crippen molar-refractivity contribution >= 4 is 0 Å². The molecule has 1 atom stereocenters. The summed E-state index contributed by atoms with van der Waals surface area (Å²) in [6.07, 6.45) is 3.65. The van der Waals surface area contributed by atoms with Crippen molar-refractivity contribution < 1.29 is 14.2 Å². The van der Waals surface area contributed by atoms with Crippen LogP contribution >= 0.6 is 0 Å². The van der Waals surface area contributed by atoms with Crippen LogP contribution in [0.1, 0.15) is 46.7 Å². The van der Waals surface area contributed by atoms with Crippen LogP contribution in [-0.4, -0.2) is 18.8 Å². The molecule has 0 saturated heterocycles. The molecule has 2 aromatic carbocycles. The van der Waals surface area contributed by atoms with Gasteiger partial charge in [0, 0.05) is 5.56 Å². The molecule has 0 N–H and O–H groups in total. The van der Waals surface area contributed by atoms with E-state index < -0.39 is 0 Å². The highest BCUT2D eigenvalue weighted by Gasteiger charge is 2.35. The summed E-state index contributed by atoms with van der Waals surface area (Å²) in [7, 11) is 0. The van der Waals surface area contributed by atoms with Crippen molar-refractivity contribution in [3.05, 3.63) is 64.2 Å². The Morgan fingerprint density at radius 1 is 1.07 bits per heavy atom. The molecular formula is C25H32O3. The van der Waals surface area contributed by atoms with E-state index in [4.69, 9.17) is 14.2 Å².